The smallest absolute Gasteiger partial charge is 0.263 e. The molecule has 2 N–H and O–H groups in total. The fourth-order valence-electron chi connectivity index (χ4n) is 3.55. The van der Waals surface area contributed by atoms with E-state index in [4.69, 9.17) is 0 Å². The van der Waals surface area contributed by atoms with E-state index < -0.39 is 0 Å². The zero-order valence-electron chi connectivity index (χ0n) is 16.2. The van der Waals surface area contributed by atoms with Crippen LogP contribution >= 0.6 is 11.3 Å². The topological polar surface area (TPSA) is 71.1 Å². The van der Waals surface area contributed by atoms with Crippen LogP contribution in [0.15, 0.2) is 18.2 Å². The lowest BCUT2D eigenvalue weighted by molar-refractivity contribution is -0.124. The van der Waals surface area contributed by atoms with Crippen LogP contribution in [0.2, 0.25) is 0 Å². The van der Waals surface area contributed by atoms with Gasteiger partial charge < -0.3 is 10.6 Å². The number of benzene rings is 1. The number of aromatic nitrogens is 1. The molecule has 1 aromatic heterocycles. The minimum Gasteiger partial charge on any atom is -0.354 e. The molecule has 5 nitrogen and oxygen atoms in total. The van der Waals surface area contributed by atoms with Crippen LogP contribution < -0.4 is 10.6 Å². The minimum atomic E-state index is -0.129. The Kier molecular flexibility index (Phi) is 6.26. The highest BCUT2D eigenvalue weighted by Crippen LogP contribution is 2.30. The van der Waals surface area contributed by atoms with Crippen LogP contribution in [-0.2, 0) is 4.79 Å². The van der Waals surface area contributed by atoms with Gasteiger partial charge in [0.25, 0.3) is 5.91 Å². The summed E-state index contributed by atoms with van der Waals surface area (Å²) >= 11 is 1.41. The van der Waals surface area contributed by atoms with Gasteiger partial charge in [-0.2, -0.15) is 0 Å². The molecule has 1 saturated carbocycles. The minimum absolute atomic E-state index is 0.118. The predicted octanol–water partition coefficient (Wildman–Crippen LogP) is 3.77. The number of thiazole rings is 1. The number of nitrogens with one attached hydrogen (secondary N) is 2. The third-order valence-electron chi connectivity index (χ3n) is 5.05. The Bertz CT molecular complexity index is 838. The fourth-order valence-corrected chi connectivity index (χ4v) is 4.62. The second-order valence-electron chi connectivity index (χ2n) is 7.28. The van der Waals surface area contributed by atoms with Gasteiger partial charge in [-0.1, -0.05) is 36.6 Å². The van der Waals surface area contributed by atoms with E-state index in [-0.39, 0.29) is 17.7 Å². The van der Waals surface area contributed by atoms with E-state index in [0.717, 1.165) is 47.5 Å². The van der Waals surface area contributed by atoms with Gasteiger partial charge in [-0.3, -0.25) is 9.59 Å². The molecule has 27 heavy (non-hydrogen) atoms. The average Bonchev–Trinajstić information content (AvgIpc) is 3.28. The van der Waals surface area contributed by atoms with Gasteiger partial charge in [0.15, 0.2) is 0 Å². The molecule has 6 heteroatoms. The molecule has 3 rings (SSSR count). The average molecular weight is 386 g/mol. The zero-order chi connectivity index (χ0) is 19.4. The molecule has 1 aromatic carbocycles. The highest BCUT2D eigenvalue weighted by Gasteiger charge is 2.22. The monoisotopic (exact) mass is 385 g/mol. The zero-order valence-corrected chi connectivity index (χ0v) is 17.0. The molecule has 1 aliphatic rings. The normalized spacial score (nSPS) is 14.3. The molecule has 1 heterocycles. The Morgan fingerprint density at radius 3 is 2.52 bits per heavy atom. The van der Waals surface area contributed by atoms with Crippen molar-refractivity contribution in [2.24, 2.45) is 5.92 Å². The number of amides is 2. The number of hydrogen-bond acceptors (Lipinski definition) is 4. The summed E-state index contributed by atoms with van der Waals surface area (Å²) in [5.74, 6) is 0.147. The molecule has 0 saturated heterocycles. The molecule has 2 aromatic rings. The quantitative estimate of drug-likeness (QED) is 0.744. The van der Waals surface area contributed by atoms with Gasteiger partial charge in [-0.25, -0.2) is 4.98 Å². The van der Waals surface area contributed by atoms with Gasteiger partial charge in [-0.15, -0.1) is 11.3 Å². The number of aryl methyl sites for hydroxylation is 3. The van der Waals surface area contributed by atoms with E-state index in [9.17, 15) is 9.59 Å². The number of rotatable bonds is 6. The molecule has 144 valence electrons. The fraction of sp³-hybridized carbons (Fsp3) is 0.476. The van der Waals surface area contributed by atoms with Crippen LogP contribution in [0.4, 0.5) is 0 Å². The summed E-state index contributed by atoms with van der Waals surface area (Å²) in [6, 6.07) is 6.24. The van der Waals surface area contributed by atoms with Gasteiger partial charge in [0, 0.05) is 24.6 Å². The molecule has 0 bridgehead atoms. The van der Waals surface area contributed by atoms with Gasteiger partial charge in [-0.05, 0) is 39.2 Å². The molecule has 1 aliphatic carbocycles. The summed E-state index contributed by atoms with van der Waals surface area (Å²) in [6.45, 7) is 6.87. The van der Waals surface area contributed by atoms with Gasteiger partial charge in [0.1, 0.15) is 9.88 Å². The Balaban J connectivity index is 1.55. The van der Waals surface area contributed by atoms with E-state index in [0.29, 0.717) is 18.0 Å². The van der Waals surface area contributed by atoms with E-state index in [1.807, 2.05) is 6.92 Å². The third kappa shape index (κ3) is 4.75. The van der Waals surface area contributed by atoms with Crippen molar-refractivity contribution in [3.63, 3.8) is 0 Å². The molecule has 0 spiro atoms. The van der Waals surface area contributed by atoms with Gasteiger partial charge >= 0.3 is 0 Å². The molecular formula is C21H27N3O2S. The van der Waals surface area contributed by atoms with Gasteiger partial charge in [0.05, 0.1) is 5.69 Å². The standard InChI is InChI=1S/C21H27N3O2S/c1-13-8-9-17(14(2)12-13)21-24-15(3)18(27-21)20(26)23-11-10-22-19(25)16-6-4-5-7-16/h8-9,12,16H,4-7,10-11H2,1-3H3,(H,22,25)(H,23,26). The number of hydrogen-bond donors (Lipinski definition) is 2. The maximum Gasteiger partial charge on any atom is 0.263 e. The summed E-state index contributed by atoms with van der Waals surface area (Å²) in [5, 5.41) is 6.68. The van der Waals surface area contributed by atoms with Crippen LogP contribution in [0.5, 0.6) is 0 Å². The first-order valence-electron chi connectivity index (χ1n) is 9.56. The van der Waals surface area contributed by atoms with E-state index in [1.165, 1.54) is 16.9 Å². The van der Waals surface area contributed by atoms with Crippen molar-refractivity contribution in [1.29, 1.82) is 0 Å². The Morgan fingerprint density at radius 1 is 1.11 bits per heavy atom. The first-order valence-corrected chi connectivity index (χ1v) is 10.4. The molecule has 0 unspecified atom stereocenters. The molecule has 0 aliphatic heterocycles. The van der Waals surface area contributed by atoms with Crippen LogP contribution in [0, 0.1) is 26.7 Å². The number of carbonyl (C=O) groups excluding carboxylic acids is 2. The summed E-state index contributed by atoms with van der Waals surface area (Å²) in [4.78, 5) is 29.7. The molecule has 0 atom stereocenters. The molecule has 2 amide bonds. The van der Waals surface area contributed by atoms with Gasteiger partial charge in [0.2, 0.25) is 5.91 Å². The van der Waals surface area contributed by atoms with Crippen molar-refractivity contribution in [2.75, 3.05) is 13.1 Å². The highest BCUT2D eigenvalue weighted by molar-refractivity contribution is 7.17. The van der Waals surface area contributed by atoms with Crippen molar-refractivity contribution < 1.29 is 9.59 Å². The lowest BCUT2D eigenvalue weighted by atomic mass is 10.1. The van der Waals surface area contributed by atoms with E-state index in [2.05, 4.69) is 47.7 Å². The van der Waals surface area contributed by atoms with E-state index in [1.54, 1.807) is 0 Å². The summed E-state index contributed by atoms with van der Waals surface area (Å²) in [7, 11) is 0. The summed E-state index contributed by atoms with van der Waals surface area (Å²) < 4.78 is 0. The highest BCUT2D eigenvalue weighted by atomic mass is 32.1. The lowest BCUT2D eigenvalue weighted by Crippen LogP contribution is -2.37. The van der Waals surface area contributed by atoms with Crippen LogP contribution in [0.25, 0.3) is 10.6 Å². The Hall–Kier alpha value is -2.21. The van der Waals surface area contributed by atoms with Crippen LogP contribution in [-0.4, -0.2) is 29.9 Å². The Morgan fingerprint density at radius 2 is 1.81 bits per heavy atom. The molecular weight excluding hydrogens is 358 g/mol. The molecule has 0 radical (unpaired) electrons. The second kappa shape index (κ2) is 8.65. The third-order valence-corrected chi connectivity index (χ3v) is 6.24. The maximum absolute atomic E-state index is 12.5. The summed E-state index contributed by atoms with van der Waals surface area (Å²) in [5.41, 5.74) is 4.17. The maximum atomic E-state index is 12.5. The first kappa shape index (κ1) is 19.5. The van der Waals surface area contributed by atoms with Crippen LogP contribution in [0.3, 0.4) is 0 Å². The molecule has 1 fully saturated rings. The van der Waals surface area contributed by atoms with Crippen molar-refractivity contribution >= 4 is 23.2 Å². The van der Waals surface area contributed by atoms with Crippen molar-refractivity contribution in [3.05, 3.63) is 39.9 Å². The second-order valence-corrected chi connectivity index (χ2v) is 8.28. The summed E-state index contributed by atoms with van der Waals surface area (Å²) in [6.07, 6.45) is 4.25. The number of carbonyl (C=O) groups is 2. The van der Waals surface area contributed by atoms with Crippen molar-refractivity contribution in [1.82, 2.24) is 15.6 Å². The predicted molar refractivity (Wildman–Crippen MR) is 109 cm³/mol. The Labute approximate surface area is 164 Å². The first-order chi connectivity index (χ1) is 13.0. The van der Waals surface area contributed by atoms with Crippen LogP contribution in [0.1, 0.15) is 52.2 Å². The number of nitrogens with zero attached hydrogens (tertiary/aromatic N) is 1. The lowest BCUT2D eigenvalue weighted by Gasteiger charge is -2.10. The van der Waals surface area contributed by atoms with Crippen molar-refractivity contribution in [2.45, 2.75) is 46.5 Å². The van der Waals surface area contributed by atoms with Crippen molar-refractivity contribution in [3.8, 4) is 10.6 Å². The largest absolute Gasteiger partial charge is 0.354 e. The SMILES string of the molecule is Cc1ccc(-c2nc(C)c(C(=O)NCCNC(=O)C3CCCC3)s2)c(C)c1. The van der Waals surface area contributed by atoms with E-state index >= 15 is 0 Å².